The summed E-state index contributed by atoms with van der Waals surface area (Å²) in [5.41, 5.74) is 4.66. The molecule has 146 valence electrons. The van der Waals surface area contributed by atoms with Crippen LogP contribution in [0, 0.1) is 0 Å². The van der Waals surface area contributed by atoms with Gasteiger partial charge in [-0.05, 0) is 36.2 Å². The lowest BCUT2D eigenvalue weighted by Gasteiger charge is -2.37. The Bertz CT molecular complexity index is 1050. The number of para-hydroxylation sites is 1. The molecule has 0 fully saturated rings. The molecule has 3 aromatic carbocycles. The maximum atomic E-state index is 5.60. The minimum Gasteiger partial charge on any atom is -0.493 e. The van der Waals surface area contributed by atoms with Crippen LogP contribution in [0.15, 0.2) is 77.9 Å². The van der Waals surface area contributed by atoms with E-state index in [4.69, 9.17) is 14.6 Å². The zero-order valence-corrected chi connectivity index (χ0v) is 16.6. The Labute approximate surface area is 170 Å². The molecule has 2 heterocycles. The van der Waals surface area contributed by atoms with Crippen LogP contribution in [-0.4, -0.2) is 31.5 Å². The molecule has 5 rings (SSSR count). The summed E-state index contributed by atoms with van der Waals surface area (Å²) in [5, 5.41) is 7.19. The standard InChI is InChI=1S/C24H23N3O2/c1-28-21-15-18-13-14-26-23(17-9-5-3-6-10-17)25-27(19-11-7-4-8-12-19)24(26)20(18)16-22(21)29-2/h3-12,15-16,24H,13-14H2,1-2H3/t24-/m0/s1. The van der Waals surface area contributed by atoms with E-state index in [1.807, 2.05) is 24.3 Å². The molecular formula is C24H23N3O2. The maximum Gasteiger partial charge on any atom is 0.161 e. The molecule has 29 heavy (non-hydrogen) atoms. The quantitative estimate of drug-likeness (QED) is 0.665. The SMILES string of the molecule is COc1cc2c(cc1OC)[C@H]1N(CC2)C(c2ccccc2)=NN1c1ccccc1. The van der Waals surface area contributed by atoms with Crippen molar-refractivity contribution in [2.75, 3.05) is 25.8 Å². The van der Waals surface area contributed by atoms with Crippen molar-refractivity contribution >= 4 is 11.5 Å². The van der Waals surface area contributed by atoms with Gasteiger partial charge in [-0.1, -0.05) is 48.5 Å². The van der Waals surface area contributed by atoms with Crippen LogP contribution in [0.2, 0.25) is 0 Å². The second-order valence-electron chi connectivity index (χ2n) is 7.19. The van der Waals surface area contributed by atoms with Gasteiger partial charge in [-0.2, -0.15) is 5.10 Å². The molecule has 0 amide bonds. The van der Waals surface area contributed by atoms with Crippen LogP contribution in [0.3, 0.4) is 0 Å². The number of anilines is 1. The number of hydrogen-bond donors (Lipinski definition) is 0. The van der Waals surface area contributed by atoms with E-state index in [1.165, 1.54) is 11.1 Å². The minimum atomic E-state index is -0.0174. The summed E-state index contributed by atoms with van der Waals surface area (Å²) in [4.78, 5) is 2.39. The molecule has 0 unspecified atom stereocenters. The summed E-state index contributed by atoms with van der Waals surface area (Å²) in [6, 6.07) is 24.9. The van der Waals surface area contributed by atoms with Gasteiger partial charge in [0.25, 0.3) is 0 Å². The molecule has 2 aliphatic rings. The summed E-state index contributed by atoms with van der Waals surface area (Å²) < 4.78 is 11.1. The van der Waals surface area contributed by atoms with Gasteiger partial charge in [0.15, 0.2) is 23.5 Å². The van der Waals surface area contributed by atoms with Crippen molar-refractivity contribution in [3.05, 3.63) is 89.5 Å². The fourth-order valence-electron chi connectivity index (χ4n) is 4.21. The number of fused-ring (bicyclic) bond motifs is 3. The first-order valence-corrected chi connectivity index (χ1v) is 9.80. The first-order chi connectivity index (χ1) is 14.3. The van der Waals surface area contributed by atoms with E-state index < -0.39 is 0 Å². The molecule has 5 heteroatoms. The molecule has 0 saturated carbocycles. The highest BCUT2D eigenvalue weighted by molar-refractivity contribution is 6.01. The van der Waals surface area contributed by atoms with Crippen LogP contribution in [0.25, 0.3) is 0 Å². The highest BCUT2D eigenvalue weighted by Crippen LogP contribution is 2.44. The molecule has 5 nitrogen and oxygen atoms in total. The van der Waals surface area contributed by atoms with Crippen molar-refractivity contribution in [3.63, 3.8) is 0 Å². The van der Waals surface area contributed by atoms with Crippen LogP contribution >= 0.6 is 0 Å². The molecule has 0 N–H and O–H groups in total. The van der Waals surface area contributed by atoms with Crippen molar-refractivity contribution in [3.8, 4) is 11.5 Å². The lowest BCUT2D eigenvalue weighted by atomic mass is 9.95. The Morgan fingerprint density at radius 2 is 1.52 bits per heavy atom. The van der Waals surface area contributed by atoms with Gasteiger partial charge in [0, 0.05) is 17.7 Å². The van der Waals surface area contributed by atoms with Crippen LogP contribution in [0.5, 0.6) is 11.5 Å². The predicted molar refractivity (Wildman–Crippen MR) is 115 cm³/mol. The average Bonchev–Trinajstić information content (AvgIpc) is 3.19. The lowest BCUT2D eigenvalue weighted by molar-refractivity contribution is 0.311. The van der Waals surface area contributed by atoms with Crippen LogP contribution in [0.4, 0.5) is 5.69 Å². The van der Waals surface area contributed by atoms with Crippen molar-refractivity contribution in [1.82, 2.24) is 4.90 Å². The minimum absolute atomic E-state index is 0.0174. The number of nitrogens with zero attached hydrogens (tertiary/aromatic N) is 3. The van der Waals surface area contributed by atoms with Gasteiger partial charge in [0.1, 0.15) is 0 Å². The van der Waals surface area contributed by atoms with Gasteiger partial charge in [-0.15, -0.1) is 0 Å². The fraction of sp³-hybridized carbons (Fsp3) is 0.208. The van der Waals surface area contributed by atoms with Gasteiger partial charge in [0.2, 0.25) is 0 Å². The molecule has 3 aromatic rings. The zero-order valence-electron chi connectivity index (χ0n) is 16.6. The Morgan fingerprint density at radius 3 is 2.21 bits per heavy atom. The summed E-state index contributed by atoms with van der Waals surface area (Å²) in [7, 11) is 3.36. The Balaban J connectivity index is 1.66. The highest BCUT2D eigenvalue weighted by atomic mass is 16.5. The number of benzene rings is 3. The van der Waals surface area contributed by atoms with Gasteiger partial charge < -0.3 is 14.4 Å². The van der Waals surface area contributed by atoms with E-state index in [9.17, 15) is 0 Å². The molecule has 0 radical (unpaired) electrons. The highest BCUT2D eigenvalue weighted by Gasteiger charge is 2.40. The van der Waals surface area contributed by atoms with Gasteiger partial charge in [0.05, 0.1) is 19.9 Å². The normalized spacial score (nSPS) is 17.4. The van der Waals surface area contributed by atoms with E-state index in [1.54, 1.807) is 14.2 Å². The predicted octanol–water partition coefficient (Wildman–Crippen LogP) is 4.44. The zero-order chi connectivity index (χ0) is 19.8. The number of methoxy groups -OCH3 is 2. The van der Waals surface area contributed by atoms with Gasteiger partial charge in [-0.3, -0.25) is 0 Å². The first-order valence-electron chi connectivity index (χ1n) is 9.80. The van der Waals surface area contributed by atoms with Crippen molar-refractivity contribution in [2.45, 2.75) is 12.6 Å². The number of hydrogen-bond acceptors (Lipinski definition) is 5. The second kappa shape index (κ2) is 7.17. The van der Waals surface area contributed by atoms with Crippen LogP contribution in [0.1, 0.15) is 22.9 Å². The Morgan fingerprint density at radius 1 is 0.862 bits per heavy atom. The summed E-state index contributed by atoms with van der Waals surface area (Å²) in [5.74, 6) is 2.52. The van der Waals surface area contributed by atoms with E-state index in [-0.39, 0.29) is 6.17 Å². The molecule has 0 aromatic heterocycles. The molecule has 0 spiro atoms. The number of amidine groups is 1. The van der Waals surface area contributed by atoms with Crippen molar-refractivity contribution in [2.24, 2.45) is 5.10 Å². The van der Waals surface area contributed by atoms with E-state index in [2.05, 4.69) is 58.4 Å². The first kappa shape index (κ1) is 17.6. The molecule has 0 saturated heterocycles. The number of ether oxygens (including phenoxy) is 2. The average molecular weight is 385 g/mol. The van der Waals surface area contributed by atoms with Gasteiger partial charge >= 0.3 is 0 Å². The van der Waals surface area contributed by atoms with Crippen LogP contribution in [-0.2, 0) is 6.42 Å². The smallest absolute Gasteiger partial charge is 0.161 e. The van der Waals surface area contributed by atoms with E-state index >= 15 is 0 Å². The summed E-state index contributed by atoms with van der Waals surface area (Å²) in [6.45, 7) is 0.893. The third-order valence-corrected chi connectivity index (χ3v) is 5.60. The Hall–Kier alpha value is -3.47. The molecule has 0 aliphatic carbocycles. The fourth-order valence-corrected chi connectivity index (χ4v) is 4.21. The summed E-state index contributed by atoms with van der Waals surface area (Å²) in [6.07, 6.45) is 0.914. The van der Waals surface area contributed by atoms with Gasteiger partial charge in [-0.25, -0.2) is 5.01 Å². The van der Waals surface area contributed by atoms with Crippen molar-refractivity contribution < 1.29 is 9.47 Å². The van der Waals surface area contributed by atoms with Crippen LogP contribution < -0.4 is 14.5 Å². The maximum absolute atomic E-state index is 5.60. The molecule has 0 bridgehead atoms. The topological polar surface area (TPSA) is 37.3 Å². The Kier molecular flexibility index (Phi) is 4.35. The molecule has 2 aliphatic heterocycles. The number of rotatable bonds is 4. The third-order valence-electron chi connectivity index (χ3n) is 5.60. The molecular weight excluding hydrogens is 362 g/mol. The van der Waals surface area contributed by atoms with E-state index in [0.29, 0.717) is 0 Å². The van der Waals surface area contributed by atoms with Crippen molar-refractivity contribution in [1.29, 1.82) is 0 Å². The van der Waals surface area contributed by atoms with E-state index in [0.717, 1.165) is 41.6 Å². The summed E-state index contributed by atoms with van der Waals surface area (Å²) >= 11 is 0. The molecule has 1 atom stereocenters. The second-order valence-corrected chi connectivity index (χ2v) is 7.19. The lowest BCUT2D eigenvalue weighted by Crippen LogP contribution is -2.40. The third kappa shape index (κ3) is 2.90. The number of hydrazone groups is 1. The monoisotopic (exact) mass is 385 g/mol. The largest absolute Gasteiger partial charge is 0.493 e.